The van der Waals surface area contributed by atoms with Crippen molar-refractivity contribution in [1.82, 2.24) is 4.90 Å². The molecule has 182 valence electrons. The van der Waals surface area contributed by atoms with Crippen molar-refractivity contribution < 1.29 is 23.8 Å². The Balaban J connectivity index is 1.78. The number of benzene rings is 2. The van der Waals surface area contributed by atoms with E-state index in [0.717, 1.165) is 17.5 Å². The van der Waals surface area contributed by atoms with E-state index in [1.54, 1.807) is 17.0 Å². The SMILES string of the molecule is COC(=O)c1ccc(C=CCC[C@@H]2[C@@H](c3ccccc3)OC(C)(C)N2C(=O)OC(C)(C)C)cc1. The minimum absolute atomic E-state index is 0.182. The molecule has 1 amide bonds. The lowest BCUT2D eigenvalue weighted by atomic mass is 9.97. The van der Waals surface area contributed by atoms with Crippen LogP contribution in [0.5, 0.6) is 0 Å². The Bertz CT molecular complexity index is 1010. The maximum absolute atomic E-state index is 13.2. The highest BCUT2D eigenvalue weighted by Crippen LogP contribution is 2.43. The molecule has 3 rings (SSSR count). The summed E-state index contributed by atoms with van der Waals surface area (Å²) in [5.41, 5.74) is 1.14. The van der Waals surface area contributed by atoms with E-state index in [-0.39, 0.29) is 24.2 Å². The van der Waals surface area contributed by atoms with Gasteiger partial charge in [-0.3, -0.25) is 4.90 Å². The summed E-state index contributed by atoms with van der Waals surface area (Å²) in [6, 6.07) is 17.1. The van der Waals surface area contributed by atoms with Gasteiger partial charge in [-0.25, -0.2) is 9.59 Å². The molecule has 6 heteroatoms. The molecule has 2 aromatic carbocycles. The Morgan fingerprint density at radius 3 is 2.29 bits per heavy atom. The van der Waals surface area contributed by atoms with Crippen LogP contribution in [-0.4, -0.2) is 41.4 Å². The first-order chi connectivity index (χ1) is 16.0. The Morgan fingerprint density at radius 1 is 1.06 bits per heavy atom. The van der Waals surface area contributed by atoms with Crippen LogP contribution in [0.4, 0.5) is 4.79 Å². The first kappa shape index (κ1) is 25.5. The molecular weight excluding hydrogens is 430 g/mol. The van der Waals surface area contributed by atoms with Crippen LogP contribution >= 0.6 is 0 Å². The van der Waals surface area contributed by atoms with Crippen LogP contribution in [0.3, 0.4) is 0 Å². The Labute approximate surface area is 202 Å². The fourth-order valence-corrected chi connectivity index (χ4v) is 4.20. The summed E-state index contributed by atoms with van der Waals surface area (Å²) in [6.07, 6.45) is 4.91. The molecule has 1 heterocycles. The molecule has 2 atom stereocenters. The van der Waals surface area contributed by atoms with Gasteiger partial charge in [0.05, 0.1) is 18.7 Å². The maximum Gasteiger partial charge on any atom is 0.412 e. The fraction of sp³-hybridized carbons (Fsp3) is 0.429. The number of hydrogen-bond acceptors (Lipinski definition) is 5. The van der Waals surface area contributed by atoms with Crippen LogP contribution in [0, 0.1) is 0 Å². The molecule has 1 fully saturated rings. The molecule has 0 radical (unpaired) electrons. The number of carbonyl (C=O) groups excluding carboxylic acids is 2. The second kappa shape index (κ2) is 10.4. The van der Waals surface area contributed by atoms with E-state index in [1.807, 2.05) is 83.2 Å². The molecule has 0 aromatic heterocycles. The third kappa shape index (κ3) is 6.26. The zero-order valence-electron chi connectivity index (χ0n) is 20.9. The Kier molecular flexibility index (Phi) is 7.82. The average Bonchev–Trinajstić information content (AvgIpc) is 3.06. The predicted molar refractivity (Wildman–Crippen MR) is 132 cm³/mol. The van der Waals surface area contributed by atoms with E-state index in [4.69, 9.17) is 14.2 Å². The van der Waals surface area contributed by atoms with Gasteiger partial charge in [0.15, 0.2) is 0 Å². The minimum Gasteiger partial charge on any atom is -0.465 e. The number of methoxy groups -OCH3 is 1. The first-order valence-electron chi connectivity index (χ1n) is 11.6. The third-order valence-electron chi connectivity index (χ3n) is 5.67. The largest absolute Gasteiger partial charge is 0.465 e. The Hall–Kier alpha value is -3.12. The molecule has 0 saturated carbocycles. The van der Waals surface area contributed by atoms with Crippen LogP contribution in [-0.2, 0) is 14.2 Å². The quantitative estimate of drug-likeness (QED) is 0.463. The molecule has 1 saturated heterocycles. The van der Waals surface area contributed by atoms with Gasteiger partial charge in [0.1, 0.15) is 17.4 Å². The summed E-state index contributed by atoms with van der Waals surface area (Å²) < 4.78 is 16.9. The lowest BCUT2D eigenvalue weighted by molar-refractivity contribution is -0.0796. The Morgan fingerprint density at radius 2 is 1.71 bits per heavy atom. The predicted octanol–water partition coefficient (Wildman–Crippen LogP) is 6.38. The zero-order valence-corrected chi connectivity index (χ0v) is 20.9. The summed E-state index contributed by atoms with van der Waals surface area (Å²) in [4.78, 5) is 26.6. The van der Waals surface area contributed by atoms with E-state index in [2.05, 4.69) is 6.08 Å². The topological polar surface area (TPSA) is 65.1 Å². The van der Waals surface area contributed by atoms with Gasteiger partial charge in [0, 0.05) is 0 Å². The number of esters is 1. The van der Waals surface area contributed by atoms with E-state index in [9.17, 15) is 9.59 Å². The van der Waals surface area contributed by atoms with Crippen molar-refractivity contribution >= 4 is 18.1 Å². The fourth-order valence-electron chi connectivity index (χ4n) is 4.20. The highest BCUT2D eigenvalue weighted by molar-refractivity contribution is 5.89. The average molecular weight is 466 g/mol. The second-order valence-electron chi connectivity index (χ2n) is 9.91. The van der Waals surface area contributed by atoms with Gasteiger partial charge in [-0.1, -0.05) is 54.6 Å². The summed E-state index contributed by atoms with van der Waals surface area (Å²) in [5, 5.41) is 0. The van der Waals surface area contributed by atoms with E-state index < -0.39 is 11.3 Å². The highest BCUT2D eigenvalue weighted by atomic mass is 16.6. The molecule has 0 aliphatic carbocycles. The molecule has 0 bridgehead atoms. The molecule has 1 aliphatic rings. The second-order valence-corrected chi connectivity index (χ2v) is 9.91. The van der Waals surface area contributed by atoms with E-state index in [1.165, 1.54) is 7.11 Å². The number of hydrogen-bond donors (Lipinski definition) is 0. The summed E-state index contributed by atoms with van der Waals surface area (Å²) in [7, 11) is 1.37. The summed E-state index contributed by atoms with van der Waals surface area (Å²) >= 11 is 0. The molecule has 0 spiro atoms. The highest BCUT2D eigenvalue weighted by Gasteiger charge is 2.51. The van der Waals surface area contributed by atoms with Crippen LogP contribution in [0.1, 0.15) is 75.0 Å². The van der Waals surface area contributed by atoms with Crippen LogP contribution < -0.4 is 0 Å². The molecular formula is C28H35NO5. The molecule has 6 nitrogen and oxygen atoms in total. The van der Waals surface area contributed by atoms with Crippen molar-refractivity contribution in [2.75, 3.05) is 7.11 Å². The van der Waals surface area contributed by atoms with Crippen molar-refractivity contribution in [3.05, 3.63) is 77.4 Å². The van der Waals surface area contributed by atoms with Gasteiger partial charge >= 0.3 is 12.1 Å². The van der Waals surface area contributed by atoms with Gasteiger partial charge in [0.25, 0.3) is 0 Å². The number of carbonyl (C=O) groups is 2. The number of ether oxygens (including phenoxy) is 3. The first-order valence-corrected chi connectivity index (χ1v) is 11.6. The van der Waals surface area contributed by atoms with Gasteiger partial charge in [-0.15, -0.1) is 0 Å². The number of nitrogens with zero attached hydrogens (tertiary/aromatic N) is 1. The molecule has 34 heavy (non-hydrogen) atoms. The zero-order chi connectivity index (χ0) is 24.9. The number of rotatable bonds is 6. The van der Waals surface area contributed by atoms with Gasteiger partial charge < -0.3 is 14.2 Å². The third-order valence-corrected chi connectivity index (χ3v) is 5.67. The van der Waals surface area contributed by atoms with Crippen molar-refractivity contribution in [1.29, 1.82) is 0 Å². The van der Waals surface area contributed by atoms with Crippen LogP contribution in [0.25, 0.3) is 6.08 Å². The number of amides is 1. The maximum atomic E-state index is 13.2. The van der Waals surface area contributed by atoms with E-state index >= 15 is 0 Å². The number of allylic oxidation sites excluding steroid dienone is 1. The monoisotopic (exact) mass is 465 g/mol. The lowest BCUT2D eigenvalue weighted by Gasteiger charge is -2.35. The molecule has 0 N–H and O–H groups in total. The molecule has 0 unspecified atom stereocenters. The molecule has 2 aromatic rings. The lowest BCUT2D eigenvalue weighted by Crippen LogP contribution is -2.49. The smallest absolute Gasteiger partial charge is 0.412 e. The van der Waals surface area contributed by atoms with Crippen molar-refractivity contribution in [3.63, 3.8) is 0 Å². The standard InChI is InChI=1S/C28H35NO5/c1-27(2,3)34-26(31)29-23(24(33-28(29,4)5)21-13-8-7-9-14-21)15-11-10-12-20-16-18-22(19-17-20)25(30)32-6/h7-10,12-14,16-19,23-24H,11,15H2,1-6H3/t23-,24-/m1/s1. The van der Waals surface area contributed by atoms with Crippen molar-refractivity contribution in [2.45, 2.75) is 70.9 Å². The normalized spacial score (nSPS) is 19.9. The van der Waals surface area contributed by atoms with Crippen molar-refractivity contribution in [2.24, 2.45) is 0 Å². The summed E-state index contributed by atoms with van der Waals surface area (Å²) in [5.74, 6) is -0.353. The van der Waals surface area contributed by atoms with E-state index in [0.29, 0.717) is 12.0 Å². The van der Waals surface area contributed by atoms with Crippen LogP contribution in [0.2, 0.25) is 0 Å². The van der Waals surface area contributed by atoms with Crippen LogP contribution in [0.15, 0.2) is 60.7 Å². The van der Waals surface area contributed by atoms with Gasteiger partial charge in [-0.2, -0.15) is 0 Å². The van der Waals surface area contributed by atoms with Gasteiger partial charge in [-0.05, 0) is 70.7 Å². The van der Waals surface area contributed by atoms with Gasteiger partial charge in [0.2, 0.25) is 0 Å². The van der Waals surface area contributed by atoms with Crippen molar-refractivity contribution in [3.8, 4) is 0 Å². The minimum atomic E-state index is -0.805. The summed E-state index contributed by atoms with van der Waals surface area (Å²) in [6.45, 7) is 9.42. The molecule has 1 aliphatic heterocycles.